The Kier molecular flexibility index (Phi) is 6.09. The van der Waals surface area contributed by atoms with Crippen LogP contribution in [-0.4, -0.2) is 20.2 Å². The van der Waals surface area contributed by atoms with Crippen LogP contribution >= 0.6 is 0 Å². The molecule has 0 N–H and O–H groups in total. The van der Waals surface area contributed by atoms with Crippen LogP contribution in [0.5, 0.6) is 5.75 Å². The number of benzene rings is 3. The van der Waals surface area contributed by atoms with Gasteiger partial charge in [0.2, 0.25) is 0 Å². The van der Waals surface area contributed by atoms with E-state index in [2.05, 4.69) is 49.6 Å². The summed E-state index contributed by atoms with van der Waals surface area (Å²) in [6.07, 6.45) is 0. The van der Waals surface area contributed by atoms with E-state index in [1.54, 1.807) is 19.2 Å². The highest BCUT2D eigenvalue weighted by molar-refractivity contribution is 5.95. The van der Waals surface area contributed by atoms with Crippen LogP contribution in [0.25, 0.3) is 11.1 Å². The molecule has 0 bridgehead atoms. The zero-order valence-electron chi connectivity index (χ0n) is 19.3. The molecule has 0 unspecified atom stereocenters. The molecule has 0 atom stereocenters. The first-order chi connectivity index (χ1) is 15.3. The van der Waals surface area contributed by atoms with Crippen LogP contribution in [0.1, 0.15) is 27.7 Å². The predicted octanol–water partition coefficient (Wildman–Crippen LogP) is 7.54. The number of hydrogen-bond donors (Lipinski definition) is 0. The molecule has 4 rings (SSSR count). The van der Waals surface area contributed by atoms with Gasteiger partial charge in [0, 0.05) is 24.7 Å². The monoisotopic (exact) mass is 436 g/mol. The first-order valence-electron chi connectivity index (χ1n) is 11.1. The van der Waals surface area contributed by atoms with E-state index in [-0.39, 0.29) is 11.6 Å². The lowest BCUT2D eigenvalue weighted by molar-refractivity contribution is 0.413. The highest BCUT2D eigenvalue weighted by Crippen LogP contribution is 2.50. The van der Waals surface area contributed by atoms with Crippen LogP contribution < -0.4 is 14.5 Å². The summed E-state index contributed by atoms with van der Waals surface area (Å²) in [6, 6.07) is 15.9. The van der Waals surface area contributed by atoms with Crippen LogP contribution in [0.4, 0.5) is 31.5 Å². The van der Waals surface area contributed by atoms with E-state index in [4.69, 9.17) is 4.74 Å². The standard InChI is InChI=1S/C27H30F2N2O/c1-17(2)15-30-24-11-8-20(28)13-26(24)31(16-18(3)4)23-10-6-19(12-25(23)30)22-9-7-21(29)14-27(22)32-5/h6-14,17-18H,15-16H2,1-5H3. The van der Waals surface area contributed by atoms with Gasteiger partial charge in [-0.1, -0.05) is 33.8 Å². The van der Waals surface area contributed by atoms with Crippen molar-refractivity contribution in [1.82, 2.24) is 0 Å². The summed E-state index contributed by atoms with van der Waals surface area (Å²) >= 11 is 0. The summed E-state index contributed by atoms with van der Waals surface area (Å²) in [5, 5.41) is 0. The van der Waals surface area contributed by atoms with Crippen LogP contribution in [-0.2, 0) is 0 Å². The molecule has 0 fully saturated rings. The maximum atomic E-state index is 14.3. The number of fused-ring (bicyclic) bond motifs is 2. The van der Waals surface area contributed by atoms with Crippen molar-refractivity contribution in [2.75, 3.05) is 30.0 Å². The SMILES string of the molecule is COc1cc(F)ccc1-c1ccc2c(c1)N(CC(C)C)c1ccc(F)cc1N2CC(C)C. The molecule has 168 valence electrons. The highest BCUT2D eigenvalue weighted by Gasteiger charge is 2.30. The molecule has 1 aliphatic rings. The zero-order chi connectivity index (χ0) is 23.0. The number of anilines is 4. The number of rotatable bonds is 6. The minimum atomic E-state index is -0.330. The van der Waals surface area contributed by atoms with Crippen molar-refractivity contribution in [2.45, 2.75) is 27.7 Å². The topological polar surface area (TPSA) is 15.7 Å². The van der Waals surface area contributed by atoms with Crippen LogP contribution in [0, 0.1) is 23.5 Å². The molecule has 0 saturated carbocycles. The Morgan fingerprint density at radius 3 is 1.81 bits per heavy atom. The van der Waals surface area contributed by atoms with E-state index in [9.17, 15) is 8.78 Å². The van der Waals surface area contributed by atoms with Crippen molar-refractivity contribution in [3.63, 3.8) is 0 Å². The van der Waals surface area contributed by atoms with Crippen LogP contribution in [0.15, 0.2) is 54.6 Å². The van der Waals surface area contributed by atoms with Gasteiger partial charge in [0.05, 0.1) is 29.9 Å². The molecule has 0 amide bonds. The molecule has 32 heavy (non-hydrogen) atoms. The van der Waals surface area contributed by atoms with Gasteiger partial charge in [-0.05, 0) is 59.9 Å². The summed E-state index contributed by atoms with van der Waals surface area (Å²) in [5.74, 6) is 0.730. The predicted molar refractivity (Wildman–Crippen MR) is 128 cm³/mol. The smallest absolute Gasteiger partial charge is 0.129 e. The summed E-state index contributed by atoms with van der Waals surface area (Å²) in [5.41, 5.74) is 5.77. The fraction of sp³-hybridized carbons (Fsp3) is 0.333. The largest absolute Gasteiger partial charge is 0.496 e. The third kappa shape index (κ3) is 4.16. The quantitative estimate of drug-likeness (QED) is 0.397. The molecule has 0 aromatic heterocycles. The molecular weight excluding hydrogens is 406 g/mol. The number of ether oxygens (including phenoxy) is 1. The minimum Gasteiger partial charge on any atom is -0.496 e. The molecule has 5 heteroatoms. The minimum absolute atomic E-state index is 0.238. The van der Waals surface area contributed by atoms with Gasteiger partial charge in [0.1, 0.15) is 17.4 Å². The number of methoxy groups -OCH3 is 1. The number of halogens is 2. The molecule has 3 nitrogen and oxygen atoms in total. The molecule has 1 heterocycles. The van der Waals surface area contributed by atoms with Gasteiger partial charge in [-0.3, -0.25) is 0 Å². The number of nitrogens with zero attached hydrogens (tertiary/aromatic N) is 2. The van der Waals surface area contributed by atoms with E-state index in [1.165, 1.54) is 18.2 Å². The van der Waals surface area contributed by atoms with Gasteiger partial charge < -0.3 is 14.5 Å². The van der Waals surface area contributed by atoms with E-state index in [0.29, 0.717) is 17.6 Å². The van der Waals surface area contributed by atoms with Crippen molar-refractivity contribution < 1.29 is 13.5 Å². The average Bonchev–Trinajstić information content (AvgIpc) is 2.75. The number of hydrogen-bond acceptors (Lipinski definition) is 3. The maximum Gasteiger partial charge on any atom is 0.129 e. The molecule has 1 aliphatic heterocycles. The molecule has 0 saturated heterocycles. The Morgan fingerprint density at radius 2 is 1.22 bits per heavy atom. The van der Waals surface area contributed by atoms with Crippen molar-refractivity contribution in [3.05, 3.63) is 66.2 Å². The maximum absolute atomic E-state index is 14.3. The molecule has 3 aromatic rings. The Balaban J connectivity index is 1.92. The molecule has 0 radical (unpaired) electrons. The van der Waals surface area contributed by atoms with E-state index >= 15 is 0 Å². The fourth-order valence-electron chi connectivity index (χ4n) is 4.36. The summed E-state index contributed by atoms with van der Waals surface area (Å²) < 4.78 is 33.5. The summed E-state index contributed by atoms with van der Waals surface area (Å²) in [4.78, 5) is 4.48. The first-order valence-corrected chi connectivity index (χ1v) is 11.1. The van der Waals surface area contributed by atoms with Gasteiger partial charge in [0.15, 0.2) is 0 Å². The van der Waals surface area contributed by atoms with E-state index < -0.39 is 0 Å². The molecule has 0 spiro atoms. The average molecular weight is 437 g/mol. The van der Waals surface area contributed by atoms with Gasteiger partial charge in [0.25, 0.3) is 0 Å². The van der Waals surface area contributed by atoms with Crippen molar-refractivity contribution in [2.24, 2.45) is 11.8 Å². The van der Waals surface area contributed by atoms with Crippen LogP contribution in [0.3, 0.4) is 0 Å². The second-order valence-electron chi connectivity index (χ2n) is 9.19. The van der Waals surface area contributed by atoms with E-state index in [1.807, 2.05) is 12.1 Å². The third-order valence-electron chi connectivity index (χ3n) is 5.65. The lowest BCUT2D eigenvalue weighted by atomic mass is 9.98. The molecular formula is C27H30F2N2O. The third-order valence-corrected chi connectivity index (χ3v) is 5.65. The van der Waals surface area contributed by atoms with Gasteiger partial charge in [-0.15, -0.1) is 0 Å². The zero-order valence-corrected chi connectivity index (χ0v) is 19.3. The van der Waals surface area contributed by atoms with Crippen molar-refractivity contribution >= 4 is 22.7 Å². The Hall–Kier alpha value is -3.08. The second-order valence-corrected chi connectivity index (χ2v) is 9.19. The molecule has 3 aromatic carbocycles. The van der Waals surface area contributed by atoms with Gasteiger partial charge in [-0.25, -0.2) is 8.78 Å². The Morgan fingerprint density at radius 1 is 0.688 bits per heavy atom. The van der Waals surface area contributed by atoms with Gasteiger partial charge >= 0.3 is 0 Å². The first kappa shape index (κ1) is 22.1. The second kappa shape index (κ2) is 8.81. The summed E-state index contributed by atoms with van der Waals surface area (Å²) in [6.45, 7) is 10.3. The van der Waals surface area contributed by atoms with Crippen LogP contribution in [0.2, 0.25) is 0 Å². The van der Waals surface area contributed by atoms with E-state index in [0.717, 1.165) is 47.0 Å². The van der Waals surface area contributed by atoms with Gasteiger partial charge in [-0.2, -0.15) is 0 Å². The Labute approximate surface area is 189 Å². The lowest BCUT2D eigenvalue weighted by Gasteiger charge is -2.42. The molecule has 0 aliphatic carbocycles. The summed E-state index contributed by atoms with van der Waals surface area (Å²) in [7, 11) is 1.55. The lowest BCUT2D eigenvalue weighted by Crippen LogP contribution is -2.33. The Bertz CT molecular complexity index is 1130. The highest BCUT2D eigenvalue weighted by atomic mass is 19.1. The fourth-order valence-corrected chi connectivity index (χ4v) is 4.36. The normalized spacial score (nSPS) is 12.9. The van der Waals surface area contributed by atoms with Crippen molar-refractivity contribution in [3.8, 4) is 16.9 Å². The van der Waals surface area contributed by atoms with Crippen molar-refractivity contribution in [1.29, 1.82) is 0 Å².